The number of likely N-dealkylation sites (N-methyl/N-ethyl adjacent to an activating group) is 1. The molecule has 7 nitrogen and oxygen atoms in total. The highest BCUT2D eigenvalue weighted by Gasteiger charge is 2.33. The van der Waals surface area contributed by atoms with Crippen molar-refractivity contribution in [3.63, 3.8) is 0 Å². The van der Waals surface area contributed by atoms with E-state index in [-0.39, 0.29) is 17.3 Å². The Bertz CT molecular complexity index is 1360. The molecule has 0 aliphatic carbocycles. The number of benzene rings is 3. The zero-order valence-corrected chi connectivity index (χ0v) is 23.6. The summed E-state index contributed by atoms with van der Waals surface area (Å²) < 4.78 is 29.0. The maximum absolute atomic E-state index is 13.9. The molecule has 2 amide bonds. The minimum Gasteiger partial charge on any atom is -0.357 e. The Balaban J connectivity index is 2.04. The number of carbonyl (C=O) groups is 2. The van der Waals surface area contributed by atoms with E-state index in [9.17, 15) is 18.0 Å². The molecule has 0 aliphatic rings. The quantitative estimate of drug-likeness (QED) is 0.394. The predicted molar refractivity (Wildman–Crippen MR) is 152 cm³/mol. The van der Waals surface area contributed by atoms with Crippen molar-refractivity contribution in [2.75, 3.05) is 24.4 Å². The molecule has 3 rings (SSSR count). The molecule has 0 aliphatic heterocycles. The summed E-state index contributed by atoms with van der Waals surface area (Å²) in [4.78, 5) is 28.3. The zero-order valence-electron chi connectivity index (χ0n) is 22.8. The van der Waals surface area contributed by atoms with Gasteiger partial charge in [-0.1, -0.05) is 72.6 Å². The summed E-state index contributed by atoms with van der Waals surface area (Å²) in [7, 11) is -2.54. The maximum Gasteiger partial charge on any atom is 0.264 e. The number of nitrogens with one attached hydrogen (secondary N) is 1. The number of anilines is 1. The lowest BCUT2D eigenvalue weighted by molar-refractivity contribution is -0.139. The lowest BCUT2D eigenvalue weighted by Gasteiger charge is -2.33. The number of amides is 2. The summed E-state index contributed by atoms with van der Waals surface area (Å²) in [5.74, 6) is -0.722. The Labute approximate surface area is 226 Å². The number of sulfonamides is 1. The van der Waals surface area contributed by atoms with E-state index >= 15 is 0 Å². The lowest BCUT2D eigenvalue weighted by atomic mass is 10.1. The van der Waals surface area contributed by atoms with Crippen molar-refractivity contribution in [3.05, 3.63) is 95.1 Å². The van der Waals surface area contributed by atoms with Crippen LogP contribution in [-0.2, 0) is 26.0 Å². The van der Waals surface area contributed by atoms with Crippen LogP contribution >= 0.6 is 0 Å². The first-order valence-electron chi connectivity index (χ1n) is 12.8. The van der Waals surface area contributed by atoms with E-state index in [2.05, 4.69) is 5.32 Å². The second-order valence-corrected chi connectivity index (χ2v) is 11.3. The Hall–Kier alpha value is -3.65. The van der Waals surface area contributed by atoms with Gasteiger partial charge < -0.3 is 10.2 Å². The largest absolute Gasteiger partial charge is 0.357 e. The van der Waals surface area contributed by atoms with Crippen molar-refractivity contribution in [1.82, 2.24) is 10.2 Å². The van der Waals surface area contributed by atoms with Crippen molar-refractivity contribution in [3.8, 4) is 0 Å². The first-order valence-corrected chi connectivity index (χ1v) is 14.2. The molecular weight excluding hydrogens is 498 g/mol. The van der Waals surface area contributed by atoms with Gasteiger partial charge in [-0.3, -0.25) is 13.9 Å². The molecule has 0 heterocycles. The predicted octanol–water partition coefficient (Wildman–Crippen LogP) is 4.40. The molecule has 3 aromatic carbocycles. The smallest absolute Gasteiger partial charge is 0.264 e. The van der Waals surface area contributed by atoms with Crippen molar-refractivity contribution in [2.45, 2.75) is 51.5 Å². The minimum atomic E-state index is -4.07. The Morgan fingerprint density at radius 3 is 2.11 bits per heavy atom. The number of rotatable bonds is 11. The van der Waals surface area contributed by atoms with Gasteiger partial charge in [0.05, 0.1) is 10.6 Å². The molecule has 0 saturated carbocycles. The average Bonchev–Trinajstić information content (AvgIpc) is 2.90. The van der Waals surface area contributed by atoms with Crippen LogP contribution in [0.5, 0.6) is 0 Å². The first kappa shape index (κ1) is 28.9. The van der Waals surface area contributed by atoms with E-state index in [0.717, 1.165) is 22.3 Å². The van der Waals surface area contributed by atoms with E-state index in [1.165, 1.54) is 16.3 Å². The summed E-state index contributed by atoms with van der Waals surface area (Å²) in [6.45, 7) is 7.34. The summed E-state index contributed by atoms with van der Waals surface area (Å²) in [5, 5.41) is 2.65. The Morgan fingerprint density at radius 1 is 0.895 bits per heavy atom. The van der Waals surface area contributed by atoms with E-state index in [1.807, 2.05) is 70.2 Å². The van der Waals surface area contributed by atoms with Crippen molar-refractivity contribution in [2.24, 2.45) is 0 Å². The monoisotopic (exact) mass is 535 g/mol. The normalized spacial score (nSPS) is 12.0. The van der Waals surface area contributed by atoms with Crippen LogP contribution in [-0.4, -0.2) is 51.3 Å². The van der Waals surface area contributed by atoms with Gasteiger partial charge in [0.2, 0.25) is 11.8 Å². The van der Waals surface area contributed by atoms with Gasteiger partial charge in [0.1, 0.15) is 12.6 Å². The molecule has 0 fully saturated rings. The molecule has 1 N–H and O–H groups in total. The lowest BCUT2D eigenvalue weighted by Crippen LogP contribution is -2.52. The number of nitrogens with zero attached hydrogens (tertiary/aromatic N) is 2. The second kappa shape index (κ2) is 12.7. The number of hydrogen-bond donors (Lipinski definition) is 1. The van der Waals surface area contributed by atoms with Crippen LogP contribution in [0.25, 0.3) is 0 Å². The standard InChI is InChI=1S/C30H37N3O4S/c1-6-27(30(35)31-5)32(19-18-25-10-8-7-9-11-25)29(34)21-33(28-17-14-23(3)20-24(28)4)38(36,37)26-15-12-22(2)13-16-26/h7-17,20,27H,6,18-19,21H2,1-5H3,(H,31,35)/t27-/m0/s1. The molecular formula is C30H37N3O4S. The average molecular weight is 536 g/mol. The molecule has 0 saturated heterocycles. The summed E-state index contributed by atoms with van der Waals surface area (Å²) in [5.41, 5.74) is 4.11. The highest BCUT2D eigenvalue weighted by molar-refractivity contribution is 7.92. The summed E-state index contributed by atoms with van der Waals surface area (Å²) >= 11 is 0. The van der Waals surface area contributed by atoms with Crippen LogP contribution in [0.3, 0.4) is 0 Å². The Morgan fingerprint density at radius 2 is 1.53 bits per heavy atom. The van der Waals surface area contributed by atoms with Gasteiger partial charge >= 0.3 is 0 Å². The van der Waals surface area contributed by atoms with Gasteiger partial charge in [-0.05, 0) is 62.9 Å². The van der Waals surface area contributed by atoms with Gasteiger partial charge in [-0.2, -0.15) is 0 Å². The molecule has 0 unspecified atom stereocenters. The van der Waals surface area contributed by atoms with Gasteiger partial charge in [0.25, 0.3) is 10.0 Å². The van der Waals surface area contributed by atoms with E-state index in [4.69, 9.17) is 0 Å². The first-order chi connectivity index (χ1) is 18.1. The maximum atomic E-state index is 13.9. The van der Waals surface area contributed by atoms with Crippen LogP contribution in [0.2, 0.25) is 0 Å². The fraction of sp³-hybridized carbons (Fsp3) is 0.333. The van der Waals surface area contributed by atoms with E-state index in [1.54, 1.807) is 30.3 Å². The molecule has 0 radical (unpaired) electrons. The highest BCUT2D eigenvalue weighted by atomic mass is 32.2. The zero-order chi connectivity index (χ0) is 27.9. The molecule has 8 heteroatoms. The Kier molecular flexibility index (Phi) is 9.69. The fourth-order valence-electron chi connectivity index (χ4n) is 4.50. The van der Waals surface area contributed by atoms with E-state index in [0.29, 0.717) is 18.5 Å². The number of carbonyl (C=O) groups excluding carboxylic acids is 2. The molecule has 38 heavy (non-hydrogen) atoms. The van der Waals surface area contributed by atoms with Crippen molar-refractivity contribution < 1.29 is 18.0 Å². The third-order valence-corrected chi connectivity index (χ3v) is 8.40. The SMILES string of the molecule is CC[C@@H](C(=O)NC)N(CCc1ccccc1)C(=O)CN(c1ccc(C)cc1C)S(=O)(=O)c1ccc(C)cc1. The number of aryl methyl sites for hydroxylation is 3. The summed E-state index contributed by atoms with van der Waals surface area (Å²) in [6, 6.07) is 21.0. The van der Waals surface area contributed by atoms with Crippen molar-refractivity contribution in [1.29, 1.82) is 0 Å². The topological polar surface area (TPSA) is 86.8 Å². The van der Waals surface area contributed by atoms with Gasteiger partial charge in [-0.25, -0.2) is 8.42 Å². The van der Waals surface area contributed by atoms with Gasteiger partial charge in [0.15, 0.2) is 0 Å². The third-order valence-electron chi connectivity index (χ3n) is 6.63. The van der Waals surface area contributed by atoms with Crippen LogP contribution in [0, 0.1) is 20.8 Å². The van der Waals surface area contributed by atoms with Crippen LogP contribution < -0.4 is 9.62 Å². The van der Waals surface area contributed by atoms with Gasteiger partial charge in [-0.15, -0.1) is 0 Å². The molecule has 1 atom stereocenters. The molecule has 0 aromatic heterocycles. The molecule has 202 valence electrons. The molecule has 0 bridgehead atoms. The number of hydrogen-bond acceptors (Lipinski definition) is 4. The van der Waals surface area contributed by atoms with Gasteiger partial charge in [0, 0.05) is 13.6 Å². The molecule has 3 aromatic rings. The van der Waals surface area contributed by atoms with Crippen molar-refractivity contribution >= 4 is 27.5 Å². The minimum absolute atomic E-state index is 0.102. The highest BCUT2D eigenvalue weighted by Crippen LogP contribution is 2.28. The third kappa shape index (κ3) is 6.81. The van der Waals surface area contributed by atoms with Crippen LogP contribution in [0.4, 0.5) is 5.69 Å². The second-order valence-electron chi connectivity index (χ2n) is 9.48. The van der Waals surface area contributed by atoms with Crippen LogP contribution in [0.15, 0.2) is 77.7 Å². The van der Waals surface area contributed by atoms with E-state index < -0.39 is 28.5 Å². The fourth-order valence-corrected chi connectivity index (χ4v) is 5.98. The summed E-state index contributed by atoms with van der Waals surface area (Å²) in [6.07, 6.45) is 0.933. The van der Waals surface area contributed by atoms with Crippen LogP contribution in [0.1, 0.15) is 35.6 Å². The molecule has 0 spiro atoms.